The quantitative estimate of drug-likeness (QED) is 0.804. The van der Waals surface area contributed by atoms with Gasteiger partial charge in [-0.2, -0.15) is 0 Å². The van der Waals surface area contributed by atoms with Crippen LogP contribution in [0.1, 0.15) is 38.2 Å². The van der Waals surface area contributed by atoms with Crippen molar-refractivity contribution in [2.75, 3.05) is 13.2 Å². The molecule has 1 aromatic carbocycles. The van der Waals surface area contributed by atoms with E-state index in [0.717, 1.165) is 24.8 Å². The predicted octanol–water partition coefficient (Wildman–Crippen LogP) is 3.54. The maximum Gasteiger partial charge on any atom is 0.122 e. The van der Waals surface area contributed by atoms with Gasteiger partial charge in [-0.15, -0.1) is 0 Å². The first kappa shape index (κ1) is 13.4. The molecule has 0 bridgehead atoms. The smallest absolute Gasteiger partial charge is 0.122 e. The standard InChI is InChI=1S/C16H25NO/c1-13-7-9-15(10-8-13)17-11-12-18-16-6-4-3-5-14(16)2/h3-6,13,15,17H,7-12H2,1-2H3. The molecule has 2 heteroatoms. The van der Waals surface area contributed by atoms with Crippen molar-refractivity contribution in [2.24, 2.45) is 5.92 Å². The Morgan fingerprint density at radius 3 is 2.61 bits per heavy atom. The van der Waals surface area contributed by atoms with E-state index in [-0.39, 0.29) is 0 Å². The molecule has 18 heavy (non-hydrogen) atoms. The lowest BCUT2D eigenvalue weighted by atomic mass is 9.87. The second kappa shape index (κ2) is 6.79. The van der Waals surface area contributed by atoms with Crippen LogP contribution in [0.4, 0.5) is 0 Å². The number of rotatable bonds is 5. The topological polar surface area (TPSA) is 21.3 Å². The molecule has 0 atom stereocenters. The highest BCUT2D eigenvalue weighted by Gasteiger charge is 2.17. The van der Waals surface area contributed by atoms with Gasteiger partial charge in [-0.25, -0.2) is 0 Å². The first-order valence-corrected chi connectivity index (χ1v) is 7.17. The maximum atomic E-state index is 5.79. The van der Waals surface area contributed by atoms with Crippen LogP contribution in [0.25, 0.3) is 0 Å². The summed E-state index contributed by atoms with van der Waals surface area (Å²) < 4.78 is 5.79. The van der Waals surface area contributed by atoms with Gasteiger partial charge in [-0.3, -0.25) is 0 Å². The van der Waals surface area contributed by atoms with E-state index in [1.54, 1.807) is 0 Å². The molecule has 0 heterocycles. The lowest BCUT2D eigenvalue weighted by Crippen LogP contribution is -2.35. The summed E-state index contributed by atoms with van der Waals surface area (Å²) in [5, 5.41) is 3.61. The molecule has 0 unspecified atom stereocenters. The summed E-state index contributed by atoms with van der Waals surface area (Å²) >= 11 is 0. The third-order valence-electron chi connectivity index (χ3n) is 3.90. The summed E-state index contributed by atoms with van der Waals surface area (Å²) in [5.41, 5.74) is 1.21. The van der Waals surface area contributed by atoms with Gasteiger partial charge in [-0.05, 0) is 50.2 Å². The number of nitrogens with one attached hydrogen (secondary N) is 1. The van der Waals surface area contributed by atoms with Crippen molar-refractivity contribution < 1.29 is 4.74 Å². The third-order valence-corrected chi connectivity index (χ3v) is 3.90. The number of benzene rings is 1. The molecule has 100 valence electrons. The van der Waals surface area contributed by atoms with E-state index >= 15 is 0 Å². The van der Waals surface area contributed by atoms with E-state index in [1.807, 2.05) is 18.2 Å². The minimum Gasteiger partial charge on any atom is -0.492 e. The van der Waals surface area contributed by atoms with Gasteiger partial charge in [0.25, 0.3) is 0 Å². The van der Waals surface area contributed by atoms with E-state index in [0.29, 0.717) is 6.04 Å². The Morgan fingerprint density at radius 2 is 1.89 bits per heavy atom. The van der Waals surface area contributed by atoms with Gasteiger partial charge in [0, 0.05) is 12.6 Å². The van der Waals surface area contributed by atoms with Crippen molar-refractivity contribution in [1.82, 2.24) is 5.32 Å². The molecule has 2 nitrogen and oxygen atoms in total. The Kier molecular flexibility index (Phi) is 5.06. The van der Waals surface area contributed by atoms with Crippen LogP contribution in [0, 0.1) is 12.8 Å². The Labute approximate surface area is 111 Å². The summed E-state index contributed by atoms with van der Waals surface area (Å²) in [6.07, 6.45) is 5.39. The molecular formula is C16H25NO. The lowest BCUT2D eigenvalue weighted by Gasteiger charge is -2.27. The number of aryl methyl sites for hydroxylation is 1. The lowest BCUT2D eigenvalue weighted by molar-refractivity contribution is 0.269. The molecule has 0 saturated heterocycles. The molecular weight excluding hydrogens is 222 g/mol. The van der Waals surface area contributed by atoms with Gasteiger partial charge in [0.15, 0.2) is 0 Å². The summed E-state index contributed by atoms with van der Waals surface area (Å²) in [7, 11) is 0. The van der Waals surface area contributed by atoms with Gasteiger partial charge < -0.3 is 10.1 Å². The van der Waals surface area contributed by atoms with Gasteiger partial charge >= 0.3 is 0 Å². The molecule has 0 aliphatic heterocycles. The van der Waals surface area contributed by atoms with Crippen LogP contribution >= 0.6 is 0 Å². The van der Waals surface area contributed by atoms with E-state index in [2.05, 4.69) is 25.2 Å². The fourth-order valence-electron chi connectivity index (χ4n) is 2.61. The van der Waals surface area contributed by atoms with Crippen molar-refractivity contribution in [3.8, 4) is 5.75 Å². The van der Waals surface area contributed by atoms with Crippen LogP contribution in [-0.4, -0.2) is 19.2 Å². The molecule has 1 aliphatic rings. The zero-order valence-corrected chi connectivity index (χ0v) is 11.6. The van der Waals surface area contributed by atoms with Crippen LogP contribution in [0.3, 0.4) is 0 Å². The average Bonchev–Trinajstić information content (AvgIpc) is 2.39. The summed E-state index contributed by atoms with van der Waals surface area (Å²) in [5.74, 6) is 1.93. The van der Waals surface area contributed by atoms with Crippen LogP contribution < -0.4 is 10.1 Å². The highest BCUT2D eigenvalue weighted by atomic mass is 16.5. The Hall–Kier alpha value is -1.02. The zero-order valence-electron chi connectivity index (χ0n) is 11.6. The Bertz CT molecular complexity index is 356. The Balaban J connectivity index is 1.63. The minimum atomic E-state index is 0.710. The second-order valence-electron chi connectivity index (χ2n) is 5.52. The van der Waals surface area contributed by atoms with Crippen LogP contribution in [0.5, 0.6) is 5.75 Å². The Morgan fingerprint density at radius 1 is 1.17 bits per heavy atom. The largest absolute Gasteiger partial charge is 0.492 e. The molecule has 1 fully saturated rings. The number of para-hydroxylation sites is 1. The highest BCUT2D eigenvalue weighted by molar-refractivity contribution is 5.31. The monoisotopic (exact) mass is 247 g/mol. The summed E-state index contributed by atoms with van der Waals surface area (Å²) in [6, 6.07) is 8.91. The number of hydrogen-bond donors (Lipinski definition) is 1. The first-order chi connectivity index (χ1) is 8.75. The summed E-state index contributed by atoms with van der Waals surface area (Å²) in [6.45, 7) is 6.16. The van der Waals surface area contributed by atoms with Crippen molar-refractivity contribution in [2.45, 2.75) is 45.6 Å². The molecule has 0 spiro atoms. The normalized spacial score (nSPS) is 23.9. The van der Waals surface area contributed by atoms with Crippen molar-refractivity contribution >= 4 is 0 Å². The molecule has 1 N–H and O–H groups in total. The summed E-state index contributed by atoms with van der Waals surface area (Å²) in [4.78, 5) is 0. The number of hydrogen-bond acceptors (Lipinski definition) is 2. The van der Waals surface area contributed by atoms with Crippen molar-refractivity contribution in [3.05, 3.63) is 29.8 Å². The van der Waals surface area contributed by atoms with Gasteiger partial charge in [0.1, 0.15) is 12.4 Å². The van der Waals surface area contributed by atoms with Crippen LogP contribution in [0.2, 0.25) is 0 Å². The fourth-order valence-corrected chi connectivity index (χ4v) is 2.61. The van der Waals surface area contributed by atoms with E-state index in [1.165, 1.54) is 31.2 Å². The average molecular weight is 247 g/mol. The maximum absolute atomic E-state index is 5.79. The molecule has 0 amide bonds. The molecule has 0 radical (unpaired) electrons. The molecule has 1 saturated carbocycles. The molecule has 1 aromatic rings. The third kappa shape index (κ3) is 4.02. The molecule has 2 rings (SSSR count). The van der Waals surface area contributed by atoms with Crippen LogP contribution in [0.15, 0.2) is 24.3 Å². The fraction of sp³-hybridized carbons (Fsp3) is 0.625. The van der Waals surface area contributed by atoms with Gasteiger partial charge in [-0.1, -0.05) is 25.1 Å². The van der Waals surface area contributed by atoms with Gasteiger partial charge in [0.05, 0.1) is 0 Å². The second-order valence-corrected chi connectivity index (χ2v) is 5.52. The number of ether oxygens (including phenoxy) is 1. The van der Waals surface area contributed by atoms with E-state index in [4.69, 9.17) is 4.74 Å². The SMILES string of the molecule is Cc1ccccc1OCCNC1CCC(C)CC1. The van der Waals surface area contributed by atoms with Gasteiger partial charge in [0.2, 0.25) is 0 Å². The van der Waals surface area contributed by atoms with E-state index in [9.17, 15) is 0 Å². The zero-order chi connectivity index (χ0) is 12.8. The molecule has 1 aliphatic carbocycles. The molecule has 0 aromatic heterocycles. The van der Waals surface area contributed by atoms with E-state index < -0.39 is 0 Å². The van der Waals surface area contributed by atoms with Crippen LogP contribution in [-0.2, 0) is 0 Å². The van der Waals surface area contributed by atoms with Crippen molar-refractivity contribution in [3.63, 3.8) is 0 Å². The minimum absolute atomic E-state index is 0.710. The predicted molar refractivity (Wildman–Crippen MR) is 76.1 cm³/mol. The highest BCUT2D eigenvalue weighted by Crippen LogP contribution is 2.23. The first-order valence-electron chi connectivity index (χ1n) is 7.17. The van der Waals surface area contributed by atoms with Crippen molar-refractivity contribution in [1.29, 1.82) is 0 Å².